The fraction of sp³-hybridized carbons (Fsp3) is 0.172. The maximum Gasteiger partial charge on any atom is 0.307 e. The number of phenolic OH excluding ortho intramolecular Hbond substituents is 1. The fourth-order valence-electron chi connectivity index (χ4n) is 3.93. The van der Waals surface area contributed by atoms with E-state index in [0.29, 0.717) is 38.8 Å². The largest absolute Gasteiger partial charge is 0.508 e. The lowest BCUT2D eigenvalue weighted by molar-refractivity contribution is -0.136. The number of aryl methyl sites for hydroxylation is 1. The molecule has 2 heterocycles. The minimum atomic E-state index is -0.992. The molecule has 0 atom stereocenters. The molecule has 2 aliphatic heterocycles. The van der Waals surface area contributed by atoms with Crippen LogP contribution >= 0.6 is 11.6 Å². The summed E-state index contributed by atoms with van der Waals surface area (Å²) in [5.41, 5.74) is 3.75. The van der Waals surface area contributed by atoms with Crippen molar-refractivity contribution in [2.45, 2.75) is 26.7 Å². The molecule has 0 bridgehead atoms. The molecule has 0 unspecified atom stereocenters. The van der Waals surface area contributed by atoms with Crippen LogP contribution < -0.4 is 15.4 Å². The summed E-state index contributed by atoms with van der Waals surface area (Å²) in [5, 5.41) is 23.6. The highest BCUT2D eigenvalue weighted by Gasteiger charge is 2.28. The Labute approximate surface area is 239 Å². The number of ether oxygens (including phenoxy) is 1. The van der Waals surface area contributed by atoms with Gasteiger partial charge in [0.25, 0.3) is 23.4 Å². The van der Waals surface area contributed by atoms with Crippen molar-refractivity contribution in [2.24, 2.45) is 0 Å². The van der Waals surface area contributed by atoms with Gasteiger partial charge in [0.2, 0.25) is 0 Å². The number of hydrogen-bond acceptors (Lipinski definition) is 8. The Balaban J connectivity index is 0.000000171. The molecule has 2 aliphatic rings. The monoisotopic (exact) mass is 580 g/mol. The summed E-state index contributed by atoms with van der Waals surface area (Å²) in [7, 11) is 1.51. The van der Waals surface area contributed by atoms with Crippen molar-refractivity contribution in [1.82, 2.24) is 0 Å². The van der Waals surface area contributed by atoms with Crippen molar-refractivity contribution in [2.75, 3.05) is 17.7 Å². The third-order valence-corrected chi connectivity index (χ3v) is 6.16. The molecule has 0 fully saturated rings. The summed E-state index contributed by atoms with van der Waals surface area (Å²) in [6, 6.07) is 12.7. The summed E-state index contributed by atoms with van der Waals surface area (Å²) >= 11 is 5.65. The third-order valence-electron chi connectivity index (χ3n) is 5.92. The number of aromatic hydroxyl groups is 1. The number of carbonyl (C=O) groups excluding carboxylic acids is 5. The zero-order valence-corrected chi connectivity index (χ0v) is 22.9. The summed E-state index contributed by atoms with van der Waals surface area (Å²) in [6.07, 6.45) is 0.0414. The van der Waals surface area contributed by atoms with Crippen LogP contribution in [-0.2, 0) is 32.0 Å². The average Bonchev–Trinajstić information content (AvgIpc) is 3.35. The maximum absolute atomic E-state index is 11.2. The maximum atomic E-state index is 11.2. The van der Waals surface area contributed by atoms with Crippen LogP contribution in [0.25, 0.3) is 0 Å². The lowest BCUT2D eigenvalue weighted by atomic mass is 9.99. The Bertz CT molecular complexity index is 1560. The van der Waals surface area contributed by atoms with E-state index < -0.39 is 29.4 Å². The number of fused-ring (bicyclic) bond motifs is 2. The van der Waals surface area contributed by atoms with Crippen LogP contribution in [-0.4, -0.2) is 52.5 Å². The molecule has 212 valence electrons. The molecule has 0 saturated carbocycles. The first-order valence-electron chi connectivity index (χ1n) is 12.0. The van der Waals surface area contributed by atoms with Gasteiger partial charge < -0.3 is 25.6 Å². The first kappa shape index (κ1) is 30.5. The van der Waals surface area contributed by atoms with Crippen LogP contribution in [0.15, 0.2) is 48.5 Å². The lowest BCUT2D eigenvalue weighted by Crippen LogP contribution is -2.12. The van der Waals surface area contributed by atoms with Crippen LogP contribution in [0.2, 0.25) is 5.02 Å². The molecular formula is C29H25ClN2O9. The van der Waals surface area contributed by atoms with Crippen LogP contribution in [0.1, 0.15) is 44.3 Å². The van der Waals surface area contributed by atoms with Gasteiger partial charge in [0.1, 0.15) is 17.3 Å². The van der Waals surface area contributed by atoms with Gasteiger partial charge in [-0.3, -0.25) is 28.8 Å². The van der Waals surface area contributed by atoms with Crippen molar-refractivity contribution in [1.29, 1.82) is 0 Å². The molecule has 0 aromatic heterocycles. The first-order chi connectivity index (χ1) is 19.3. The molecule has 2 amide bonds. The van der Waals surface area contributed by atoms with E-state index in [1.807, 2.05) is 0 Å². The van der Waals surface area contributed by atoms with Crippen molar-refractivity contribution in [3.8, 4) is 11.5 Å². The molecule has 3 aromatic rings. The number of halogens is 1. The van der Waals surface area contributed by atoms with Crippen molar-refractivity contribution < 1.29 is 43.7 Å². The zero-order valence-electron chi connectivity index (χ0n) is 22.2. The molecule has 12 heteroatoms. The van der Waals surface area contributed by atoms with E-state index in [2.05, 4.69) is 10.6 Å². The predicted molar refractivity (Wildman–Crippen MR) is 149 cm³/mol. The number of aliphatic carboxylic acids is 1. The molecule has 0 aliphatic carbocycles. The Morgan fingerprint density at radius 2 is 1.39 bits per heavy atom. The zero-order chi connectivity index (χ0) is 30.4. The van der Waals surface area contributed by atoms with Crippen molar-refractivity contribution >= 4 is 58.1 Å². The summed E-state index contributed by atoms with van der Waals surface area (Å²) in [5.74, 6) is -2.67. The van der Waals surface area contributed by atoms with E-state index in [9.17, 15) is 33.9 Å². The number of carbonyl (C=O) groups is 6. The number of hydrogen-bond donors (Lipinski definition) is 4. The van der Waals surface area contributed by atoms with Gasteiger partial charge in [-0.1, -0.05) is 17.7 Å². The van der Waals surface area contributed by atoms with E-state index in [-0.39, 0.29) is 24.4 Å². The quantitative estimate of drug-likeness (QED) is 0.327. The number of anilines is 2. The normalized spacial score (nSPS) is 12.6. The van der Waals surface area contributed by atoms with Gasteiger partial charge in [0, 0.05) is 17.0 Å². The second-order valence-corrected chi connectivity index (χ2v) is 9.46. The molecule has 11 nitrogen and oxygen atoms in total. The second-order valence-electron chi connectivity index (χ2n) is 9.02. The third kappa shape index (κ3) is 7.55. The van der Waals surface area contributed by atoms with E-state index >= 15 is 0 Å². The predicted octanol–water partition coefficient (Wildman–Crippen LogP) is 3.76. The standard InChI is InChI=1S/C12H14O4.C9H7NO3.C8H4ClNO2/c1-7-3-10(6-12(15)16)11(14)5-9(7)4-8(2)13;1-13-5-2-3-7-6(4-5)8(11)9(12)10-7;9-4-1-2-6-5(3-4)7(11)8(12)10-6/h3,5,14H,4,6H2,1-2H3,(H,15,16);2-4H,1H3,(H,10,11,12);1-3H,(H,10,11,12). The van der Waals surface area contributed by atoms with Crippen LogP contribution in [0.4, 0.5) is 11.4 Å². The van der Waals surface area contributed by atoms with Crippen molar-refractivity contribution in [3.63, 3.8) is 0 Å². The van der Waals surface area contributed by atoms with Gasteiger partial charge in [0.05, 0.1) is 36.0 Å². The highest BCUT2D eigenvalue weighted by molar-refractivity contribution is 6.52. The number of benzene rings is 3. The molecule has 4 N–H and O–H groups in total. The molecule has 41 heavy (non-hydrogen) atoms. The van der Waals surface area contributed by atoms with E-state index in [0.717, 1.165) is 11.1 Å². The Kier molecular flexibility index (Phi) is 9.59. The molecule has 0 spiro atoms. The summed E-state index contributed by atoms with van der Waals surface area (Å²) in [4.78, 5) is 65.5. The summed E-state index contributed by atoms with van der Waals surface area (Å²) < 4.78 is 4.93. The number of methoxy groups -OCH3 is 1. The fourth-order valence-corrected chi connectivity index (χ4v) is 4.10. The number of amides is 2. The topological polar surface area (TPSA) is 176 Å². The first-order valence-corrected chi connectivity index (χ1v) is 12.4. The molecular weight excluding hydrogens is 556 g/mol. The van der Waals surface area contributed by atoms with Crippen molar-refractivity contribution in [3.05, 3.63) is 81.4 Å². The average molecular weight is 581 g/mol. The van der Waals surface area contributed by atoms with Crippen LogP contribution in [0, 0.1) is 6.92 Å². The molecule has 0 radical (unpaired) electrons. The number of carboxylic acids is 1. The number of rotatable bonds is 5. The van der Waals surface area contributed by atoms with E-state index in [1.165, 1.54) is 26.2 Å². The van der Waals surface area contributed by atoms with Gasteiger partial charge in [0.15, 0.2) is 0 Å². The van der Waals surface area contributed by atoms with Gasteiger partial charge >= 0.3 is 5.97 Å². The van der Waals surface area contributed by atoms with E-state index in [4.69, 9.17) is 21.4 Å². The van der Waals surface area contributed by atoms with Crippen LogP contribution in [0.5, 0.6) is 11.5 Å². The van der Waals surface area contributed by atoms with Gasteiger partial charge in [-0.25, -0.2) is 0 Å². The smallest absolute Gasteiger partial charge is 0.307 e. The summed E-state index contributed by atoms with van der Waals surface area (Å²) in [6.45, 7) is 3.27. The van der Waals surface area contributed by atoms with Gasteiger partial charge in [-0.2, -0.15) is 0 Å². The number of phenols is 1. The Hall–Kier alpha value is -5.03. The minimum Gasteiger partial charge on any atom is -0.508 e. The van der Waals surface area contributed by atoms with Crippen LogP contribution in [0.3, 0.4) is 0 Å². The Morgan fingerprint density at radius 1 is 0.829 bits per heavy atom. The minimum absolute atomic E-state index is 0.00786. The molecule has 3 aromatic carbocycles. The van der Waals surface area contributed by atoms with Gasteiger partial charge in [-0.05, 0) is 67.4 Å². The number of ketones is 3. The Morgan fingerprint density at radius 3 is 1.93 bits per heavy atom. The molecule has 5 rings (SSSR count). The number of carboxylic acid groups (broad SMARTS) is 1. The van der Waals surface area contributed by atoms with E-state index in [1.54, 1.807) is 43.3 Å². The highest BCUT2D eigenvalue weighted by Crippen LogP contribution is 2.27. The lowest BCUT2D eigenvalue weighted by Gasteiger charge is -2.08. The second kappa shape index (κ2) is 12.9. The number of nitrogens with one attached hydrogen (secondary N) is 2. The van der Waals surface area contributed by atoms with Gasteiger partial charge in [-0.15, -0.1) is 0 Å². The SMILES string of the molecule is CC(=O)Cc1cc(O)c(CC(=O)O)cc1C.COc1ccc2c(c1)C(=O)C(=O)N2.O=C1Nc2ccc(Cl)cc2C1=O. The highest BCUT2D eigenvalue weighted by atomic mass is 35.5. The molecule has 0 saturated heterocycles. The number of Topliss-reactive ketones (excluding diaryl/α,β-unsaturated/α-hetero) is 3.